The molecule has 10 aromatic rings. The van der Waals surface area contributed by atoms with Gasteiger partial charge in [-0.25, -0.2) is 9.97 Å². The Labute approximate surface area is 324 Å². The molecule has 0 saturated carbocycles. The fraction of sp³-hybridized carbons (Fsp3) is 0. The van der Waals surface area contributed by atoms with Gasteiger partial charge in [0.15, 0.2) is 5.82 Å². The number of fused-ring (bicyclic) bond motifs is 3. The van der Waals surface area contributed by atoms with Crippen LogP contribution in [0.3, 0.4) is 0 Å². The maximum Gasteiger partial charge on any atom is 0.160 e. The minimum atomic E-state index is 0.713. The standard InChI is InChI=1S/C52H34N2S/c1-3-9-35(10-4-1)36-23-27-42(28-24-36)48-34-49(54-52(53-48)44-11-5-2-6-12-44)43-29-25-40(26-30-43)38-17-15-37(16-18-38)39-19-21-41(22-20-39)45-31-32-51-47(33-45)46-13-7-8-14-50(46)55-51/h1-34H. The van der Waals surface area contributed by atoms with Crippen LogP contribution in [0.2, 0.25) is 0 Å². The Morgan fingerprint density at radius 2 is 0.618 bits per heavy atom. The Balaban J connectivity index is 0.900. The summed E-state index contributed by atoms with van der Waals surface area (Å²) in [7, 11) is 0. The highest BCUT2D eigenvalue weighted by molar-refractivity contribution is 7.25. The van der Waals surface area contributed by atoms with E-state index in [1.807, 2.05) is 35.6 Å². The molecule has 0 radical (unpaired) electrons. The smallest absolute Gasteiger partial charge is 0.160 e. The minimum Gasteiger partial charge on any atom is -0.228 e. The molecule has 10 rings (SSSR count). The molecule has 0 aliphatic carbocycles. The van der Waals surface area contributed by atoms with Gasteiger partial charge in [0.2, 0.25) is 0 Å². The van der Waals surface area contributed by atoms with Crippen LogP contribution in [-0.4, -0.2) is 9.97 Å². The first-order chi connectivity index (χ1) is 27.2. The van der Waals surface area contributed by atoms with Crippen LogP contribution in [0.15, 0.2) is 206 Å². The highest BCUT2D eigenvalue weighted by atomic mass is 32.1. The summed E-state index contributed by atoms with van der Waals surface area (Å²) >= 11 is 1.86. The van der Waals surface area contributed by atoms with Crippen molar-refractivity contribution in [3.63, 3.8) is 0 Å². The maximum atomic E-state index is 5.05. The highest BCUT2D eigenvalue weighted by Crippen LogP contribution is 2.37. The SMILES string of the molecule is c1ccc(-c2ccc(-c3cc(-c4ccc(-c5ccc(-c6ccc(-c7ccc8sc9ccccc9c8c7)cc6)cc5)cc4)nc(-c4ccccc4)n3)cc2)cc1. The lowest BCUT2D eigenvalue weighted by atomic mass is 9.97. The van der Waals surface area contributed by atoms with E-state index >= 15 is 0 Å². The number of thiophene rings is 1. The van der Waals surface area contributed by atoms with Crippen molar-refractivity contribution in [3.05, 3.63) is 206 Å². The summed E-state index contributed by atoms with van der Waals surface area (Å²) in [4.78, 5) is 10.1. The predicted molar refractivity (Wildman–Crippen MR) is 233 cm³/mol. The van der Waals surface area contributed by atoms with Crippen LogP contribution in [0.5, 0.6) is 0 Å². The molecule has 0 aliphatic heterocycles. The van der Waals surface area contributed by atoms with Gasteiger partial charge in [0.1, 0.15) is 0 Å². The van der Waals surface area contributed by atoms with Crippen molar-refractivity contribution >= 4 is 31.5 Å². The van der Waals surface area contributed by atoms with Gasteiger partial charge in [-0.05, 0) is 68.8 Å². The lowest BCUT2D eigenvalue weighted by molar-refractivity contribution is 1.18. The zero-order chi connectivity index (χ0) is 36.6. The summed E-state index contributed by atoms with van der Waals surface area (Å²) < 4.78 is 2.67. The molecule has 258 valence electrons. The Morgan fingerprint density at radius 3 is 1.13 bits per heavy atom. The topological polar surface area (TPSA) is 25.8 Å². The van der Waals surface area contributed by atoms with Gasteiger partial charge in [0, 0.05) is 36.9 Å². The Bertz CT molecular complexity index is 2910. The molecule has 2 heterocycles. The summed E-state index contributed by atoms with van der Waals surface area (Å²) in [5, 5.41) is 2.66. The monoisotopic (exact) mass is 718 g/mol. The molecule has 0 fully saturated rings. The van der Waals surface area contributed by atoms with Gasteiger partial charge >= 0.3 is 0 Å². The van der Waals surface area contributed by atoms with Crippen LogP contribution in [0.4, 0.5) is 0 Å². The first-order valence-electron chi connectivity index (χ1n) is 18.6. The maximum absolute atomic E-state index is 5.05. The normalized spacial score (nSPS) is 11.3. The largest absolute Gasteiger partial charge is 0.228 e. The third kappa shape index (κ3) is 6.52. The number of hydrogen-bond acceptors (Lipinski definition) is 3. The van der Waals surface area contributed by atoms with Crippen LogP contribution >= 0.6 is 11.3 Å². The van der Waals surface area contributed by atoms with Gasteiger partial charge in [-0.3, -0.25) is 0 Å². The molecule has 0 N–H and O–H groups in total. The summed E-state index contributed by atoms with van der Waals surface area (Å²) in [5.41, 5.74) is 14.5. The van der Waals surface area contributed by atoms with E-state index in [2.05, 4.69) is 182 Å². The summed E-state index contributed by atoms with van der Waals surface area (Å²) in [6.07, 6.45) is 0. The third-order valence-corrected chi connectivity index (χ3v) is 11.5. The summed E-state index contributed by atoms with van der Waals surface area (Å²) in [6.45, 7) is 0. The number of benzene rings is 8. The van der Waals surface area contributed by atoms with Crippen molar-refractivity contribution in [2.45, 2.75) is 0 Å². The van der Waals surface area contributed by atoms with E-state index in [0.717, 1.165) is 33.6 Å². The average Bonchev–Trinajstić information content (AvgIpc) is 3.65. The molecule has 0 atom stereocenters. The molecule has 8 aromatic carbocycles. The fourth-order valence-corrected chi connectivity index (χ4v) is 8.46. The van der Waals surface area contributed by atoms with Crippen molar-refractivity contribution < 1.29 is 0 Å². The van der Waals surface area contributed by atoms with Gasteiger partial charge in [0.05, 0.1) is 11.4 Å². The number of nitrogens with zero attached hydrogens (tertiary/aromatic N) is 2. The van der Waals surface area contributed by atoms with Gasteiger partial charge in [0.25, 0.3) is 0 Å². The van der Waals surface area contributed by atoms with Crippen molar-refractivity contribution in [1.82, 2.24) is 9.97 Å². The zero-order valence-electron chi connectivity index (χ0n) is 29.9. The van der Waals surface area contributed by atoms with Gasteiger partial charge < -0.3 is 0 Å². The first kappa shape index (κ1) is 32.7. The number of aromatic nitrogens is 2. The second-order valence-electron chi connectivity index (χ2n) is 13.8. The van der Waals surface area contributed by atoms with Crippen molar-refractivity contribution in [2.75, 3.05) is 0 Å². The zero-order valence-corrected chi connectivity index (χ0v) is 30.7. The molecule has 0 saturated heterocycles. The molecule has 0 aliphatic rings. The average molecular weight is 719 g/mol. The Hall–Kier alpha value is -6.94. The lowest BCUT2D eigenvalue weighted by Crippen LogP contribution is -1.96. The Morgan fingerprint density at radius 1 is 0.255 bits per heavy atom. The molecule has 0 amide bonds. The first-order valence-corrected chi connectivity index (χ1v) is 19.4. The molecule has 2 nitrogen and oxygen atoms in total. The predicted octanol–water partition coefficient (Wildman–Crippen LogP) is 14.5. The van der Waals surface area contributed by atoms with Gasteiger partial charge in [-0.1, -0.05) is 182 Å². The van der Waals surface area contributed by atoms with E-state index in [1.54, 1.807) is 0 Å². The summed E-state index contributed by atoms with van der Waals surface area (Å²) in [5.74, 6) is 0.713. The number of hydrogen-bond donors (Lipinski definition) is 0. The van der Waals surface area contributed by atoms with Crippen molar-refractivity contribution in [3.8, 4) is 78.4 Å². The van der Waals surface area contributed by atoms with Crippen LogP contribution in [-0.2, 0) is 0 Å². The summed E-state index contributed by atoms with van der Waals surface area (Å²) in [6, 6.07) is 73.4. The highest BCUT2D eigenvalue weighted by Gasteiger charge is 2.12. The minimum absolute atomic E-state index is 0.713. The van der Waals surface area contributed by atoms with Gasteiger partial charge in [-0.2, -0.15) is 0 Å². The molecule has 0 unspecified atom stereocenters. The molecule has 55 heavy (non-hydrogen) atoms. The van der Waals surface area contributed by atoms with Crippen LogP contribution < -0.4 is 0 Å². The molecule has 3 heteroatoms. The molecular weight excluding hydrogens is 685 g/mol. The molecule has 2 aromatic heterocycles. The van der Waals surface area contributed by atoms with Crippen molar-refractivity contribution in [1.29, 1.82) is 0 Å². The van der Waals surface area contributed by atoms with Crippen LogP contribution in [0, 0.1) is 0 Å². The van der Waals surface area contributed by atoms with E-state index in [-0.39, 0.29) is 0 Å². The third-order valence-electron chi connectivity index (χ3n) is 10.4. The van der Waals surface area contributed by atoms with Crippen molar-refractivity contribution in [2.24, 2.45) is 0 Å². The van der Waals surface area contributed by atoms with Crippen LogP contribution in [0.1, 0.15) is 0 Å². The lowest BCUT2D eigenvalue weighted by Gasteiger charge is -2.11. The van der Waals surface area contributed by atoms with E-state index in [4.69, 9.17) is 9.97 Å². The molecule has 0 bridgehead atoms. The van der Waals surface area contributed by atoms with Crippen LogP contribution in [0.25, 0.3) is 98.6 Å². The van der Waals surface area contributed by atoms with E-state index in [0.29, 0.717) is 5.82 Å². The van der Waals surface area contributed by atoms with Gasteiger partial charge in [-0.15, -0.1) is 11.3 Å². The molecule has 0 spiro atoms. The van der Waals surface area contributed by atoms with E-state index in [1.165, 1.54) is 59.1 Å². The quantitative estimate of drug-likeness (QED) is 0.164. The Kier molecular flexibility index (Phi) is 8.40. The van der Waals surface area contributed by atoms with E-state index in [9.17, 15) is 0 Å². The van der Waals surface area contributed by atoms with E-state index < -0.39 is 0 Å². The number of rotatable bonds is 7. The second-order valence-corrected chi connectivity index (χ2v) is 14.9. The molecular formula is C52H34N2S. The fourth-order valence-electron chi connectivity index (χ4n) is 7.37. The second kappa shape index (κ2) is 14.1.